The van der Waals surface area contributed by atoms with Crippen LogP contribution < -0.4 is 5.32 Å². The zero-order valence-electron chi connectivity index (χ0n) is 13.7. The number of nitrogens with one attached hydrogen (secondary N) is 1. The zero-order valence-corrected chi connectivity index (χ0v) is 13.7. The highest BCUT2D eigenvalue weighted by atomic mass is 16.3. The molecule has 1 N–H and O–H groups in total. The monoisotopic (exact) mass is 278 g/mol. The molecule has 20 heavy (non-hydrogen) atoms. The standard InChI is InChI=1S/C17H30N2O/c1-12(2)15-6-7-19(10-15)11-17-8-16(14(5)20-17)9-18-13(3)4/h8,12-13,15,18H,6-7,9-11H2,1-5H3. The molecular formula is C17H30N2O. The fourth-order valence-corrected chi connectivity index (χ4v) is 2.93. The van der Waals surface area contributed by atoms with E-state index >= 15 is 0 Å². The Kier molecular flexibility index (Phi) is 5.28. The number of hydrogen-bond acceptors (Lipinski definition) is 3. The van der Waals surface area contributed by atoms with Crippen molar-refractivity contribution in [3.63, 3.8) is 0 Å². The summed E-state index contributed by atoms with van der Waals surface area (Å²) in [5, 5.41) is 3.46. The molecule has 0 radical (unpaired) electrons. The smallest absolute Gasteiger partial charge is 0.118 e. The minimum atomic E-state index is 0.512. The van der Waals surface area contributed by atoms with Crippen LogP contribution in [0.15, 0.2) is 10.5 Å². The third-order valence-electron chi connectivity index (χ3n) is 4.40. The van der Waals surface area contributed by atoms with Gasteiger partial charge in [-0.15, -0.1) is 0 Å². The van der Waals surface area contributed by atoms with E-state index in [0.29, 0.717) is 6.04 Å². The van der Waals surface area contributed by atoms with E-state index in [1.54, 1.807) is 0 Å². The normalized spacial score (nSPS) is 20.4. The molecule has 0 aromatic carbocycles. The second-order valence-electron chi connectivity index (χ2n) is 6.86. The Morgan fingerprint density at radius 1 is 1.35 bits per heavy atom. The van der Waals surface area contributed by atoms with Crippen LogP contribution in [0.1, 0.15) is 51.2 Å². The van der Waals surface area contributed by atoms with E-state index in [1.165, 1.54) is 25.1 Å². The molecular weight excluding hydrogens is 248 g/mol. The lowest BCUT2D eigenvalue weighted by Gasteiger charge is -2.16. The van der Waals surface area contributed by atoms with Gasteiger partial charge < -0.3 is 9.73 Å². The van der Waals surface area contributed by atoms with Crippen LogP contribution in [-0.4, -0.2) is 24.0 Å². The highest BCUT2D eigenvalue weighted by Crippen LogP contribution is 2.26. The van der Waals surface area contributed by atoms with Crippen LogP contribution >= 0.6 is 0 Å². The van der Waals surface area contributed by atoms with Crippen molar-refractivity contribution in [3.8, 4) is 0 Å². The number of aryl methyl sites for hydroxylation is 1. The highest BCUT2D eigenvalue weighted by Gasteiger charge is 2.25. The van der Waals surface area contributed by atoms with Crippen molar-refractivity contribution in [2.75, 3.05) is 13.1 Å². The quantitative estimate of drug-likeness (QED) is 0.862. The van der Waals surface area contributed by atoms with Gasteiger partial charge in [0.15, 0.2) is 0 Å². The third kappa shape index (κ3) is 4.10. The maximum Gasteiger partial charge on any atom is 0.118 e. The number of furan rings is 1. The zero-order chi connectivity index (χ0) is 14.7. The third-order valence-corrected chi connectivity index (χ3v) is 4.40. The molecule has 1 aromatic heterocycles. The first-order valence-corrected chi connectivity index (χ1v) is 7.99. The van der Waals surface area contributed by atoms with Gasteiger partial charge in [-0.25, -0.2) is 0 Å². The van der Waals surface area contributed by atoms with Gasteiger partial charge in [0.05, 0.1) is 6.54 Å². The molecule has 2 rings (SSSR count). The summed E-state index contributed by atoms with van der Waals surface area (Å²) in [5.41, 5.74) is 1.30. The Hall–Kier alpha value is -0.800. The molecule has 1 unspecified atom stereocenters. The Morgan fingerprint density at radius 2 is 2.10 bits per heavy atom. The first-order valence-electron chi connectivity index (χ1n) is 7.99. The Balaban J connectivity index is 1.89. The lowest BCUT2D eigenvalue weighted by atomic mass is 9.95. The van der Waals surface area contributed by atoms with Crippen molar-refractivity contribution in [1.29, 1.82) is 0 Å². The summed E-state index contributed by atoms with van der Waals surface area (Å²) in [5.74, 6) is 3.83. The lowest BCUT2D eigenvalue weighted by Crippen LogP contribution is -2.22. The number of nitrogens with zero attached hydrogens (tertiary/aromatic N) is 1. The SMILES string of the molecule is Cc1oc(CN2CCC(C(C)C)C2)cc1CNC(C)C. The number of rotatable bonds is 6. The molecule has 0 saturated carbocycles. The van der Waals surface area contributed by atoms with Crippen LogP contribution in [0.2, 0.25) is 0 Å². The first-order chi connectivity index (χ1) is 9.45. The predicted molar refractivity (Wildman–Crippen MR) is 83.6 cm³/mol. The fraction of sp³-hybridized carbons (Fsp3) is 0.765. The topological polar surface area (TPSA) is 28.4 Å². The van der Waals surface area contributed by atoms with Crippen LogP contribution in [0, 0.1) is 18.8 Å². The Labute approximate surface area is 123 Å². The molecule has 1 aliphatic heterocycles. The molecule has 0 spiro atoms. The molecule has 0 aliphatic carbocycles. The van der Waals surface area contributed by atoms with Crippen molar-refractivity contribution in [3.05, 3.63) is 23.2 Å². The molecule has 1 atom stereocenters. The number of likely N-dealkylation sites (tertiary alicyclic amines) is 1. The molecule has 1 saturated heterocycles. The molecule has 2 heterocycles. The summed E-state index contributed by atoms with van der Waals surface area (Å²) < 4.78 is 5.92. The van der Waals surface area contributed by atoms with Gasteiger partial charge in [-0.2, -0.15) is 0 Å². The van der Waals surface area contributed by atoms with E-state index < -0.39 is 0 Å². The van der Waals surface area contributed by atoms with Gasteiger partial charge in [-0.05, 0) is 37.8 Å². The molecule has 1 aromatic rings. The highest BCUT2D eigenvalue weighted by molar-refractivity contribution is 5.20. The summed E-state index contributed by atoms with van der Waals surface area (Å²) in [4.78, 5) is 2.53. The first kappa shape index (κ1) is 15.6. The maximum atomic E-state index is 5.92. The second kappa shape index (κ2) is 6.77. The van der Waals surface area contributed by atoms with Gasteiger partial charge in [0.2, 0.25) is 0 Å². The summed E-state index contributed by atoms with van der Waals surface area (Å²) in [7, 11) is 0. The van der Waals surface area contributed by atoms with Gasteiger partial charge in [0.25, 0.3) is 0 Å². The van der Waals surface area contributed by atoms with E-state index in [9.17, 15) is 0 Å². The van der Waals surface area contributed by atoms with Gasteiger partial charge in [-0.3, -0.25) is 4.90 Å². The van der Waals surface area contributed by atoms with Crippen molar-refractivity contribution in [2.24, 2.45) is 11.8 Å². The van der Waals surface area contributed by atoms with Gasteiger partial charge in [-0.1, -0.05) is 27.7 Å². The maximum absolute atomic E-state index is 5.92. The largest absolute Gasteiger partial charge is 0.465 e. The van der Waals surface area contributed by atoms with E-state index in [2.05, 4.69) is 50.9 Å². The van der Waals surface area contributed by atoms with Crippen LogP contribution in [0.25, 0.3) is 0 Å². The average Bonchev–Trinajstić information content (AvgIpc) is 2.94. The molecule has 0 amide bonds. The van der Waals surface area contributed by atoms with Crippen LogP contribution in [-0.2, 0) is 13.1 Å². The molecule has 1 fully saturated rings. The van der Waals surface area contributed by atoms with Crippen molar-refractivity contribution in [1.82, 2.24) is 10.2 Å². The van der Waals surface area contributed by atoms with Crippen LogP contribution in [0.5, 0.6) is 0 Å². The van der Waals surface area contributed by atoms with Gasteiger partial charge in [0.1, 0.15) is 11.5 Å². The minimum Gasteiger partial charge on any atom is -0.465 e. The van der Waals surface area contributed by atoms with E-state index in [0.717, 1.165) is 36.4 Å². The lowest BCUT2D eigenvalue weighted by molar-refractivity contribution is 0.271. The molecule has 3 nitrogen and oxygen atoms in total. The van der Waals surface area contributed by atoms with Crippen molar-refractivity contribution < 1.29 is 4.42 Å². The minimum absolute atomic E-state index is 0.512. The predicted octanol–water partition coefficient (Wildman–Crippen LogP) is 3.56. The van der Waals surface area contributed by atoms with E-state index in [-0.39, 0.29) is 0 Å². The average molecular weight is 278 g/mol. The molecule has 0 bridgehead atoms. The second-order valence-corrected chi connectivity index (χ2v) is 6.86. The van der Waals surface area contributed by atoms with E-state index in [4.69, 9.17) is 4.42 Å². The van der Waals surface area contributed by atoms with E-state index in [1.807, 2.05) is 0 Å². The van der Waals surface area contributed by atoms with Gasteiger partial charge >= 0.3 is 0 Å². The summed E-state index contributed by atoms with van der Waals surface area (Å²) in [6, 6.07) is 2.74. The number of hydrogen-bond donors (Lipinski definition) is 1. The molecule has 114 valence electrons. The Bertz CT molecular complexity index is 423. The van der Waals surface area contributed by atoms with Gasteiger partial charge in [0, 0.05) is 24.7 Å². The van der Waals surface area contributed by atoms with Crippen LogP contribution in [0.4, 0.5) is 0 Å². The summed E-state index contributed by atoms with van der Waals surface area (Å²) in [6.45, 7) is 15.4. The summed E-state index contributed by atoms with van der Waals surface area (Å²) >= 11 is 0. The molecule has 1 aliphatic rings. The fourth-order valence-electron chi connectivity index (χ4n) is 2.93. The van der Waals surface area contributed by atoms with Crippen LogP contribution in [0.3, 0.4) is 0 Å². The Morgan fingerprint density at radius 3 is 2.70 bits per heavy atom. The molecule has 3 heteroatoms. The van der Waals surface area contributed by atoms with Crippen molar-refractivity contribution in [2.45, 2.75) is 60.2 Å². The van der Waals surface area contributed by atoms with Crippen molar-refractivity contribution >= 4 is 0 Å². The summed E-state index contributed by atoms with van der Waals surface area (Å²) in [6.07, 6.45) is 1.33.